The van der Waals surface area contributed by atoms with Crippen LogP contribution in [-0.2, 0) is 11.3 Å². The molecule has 34 heavy (non-hydrogen) atoms. The van der Waals surface area contributed by atoms with Gasteiger partial charge in [-0.15, -0.1) is 0 Å². The molecule has 0 saturated heterocycles. The van der Waals surface area contributed by atoms with E-state index >= 15 is 0 Å². The number of aromatic nitrogens is 2. The monoisotopic (exact) mass is 454 g/mol. The van der Waals surface area contributed by atoms with Crippen molar-refractivity contribution in [3.05, 3.63) is 77.6 Å². The molecule has 3 aromatic carbocycles. The van der Waals surface area contributed by atoms with E-state index < -0.39 is 0 Å². The second-order valence-electron chi connectivity index (χ2n) is 8.58. The number of para-hydroxylation sites is 2. The lowest BCUT2D eigenvalue weighted by atomic mass is 9.94. The van der Waals surface area contributed by atoms with Crippen LogP contribution in [-0.4, -0.2) is 45.3 Å². The van der Waals surface area contributed by atoms with Gasteiger partial charge in [0.05, 0.1) is 11.0 Å². The molecule has 0 saturated carbocycles. The van der Waals surface area contributed by atoms with Crippen LogP contribution < -0.4 is 5.32 Å². The van der Waals surface area contributed by atoms with Crippen molar-refractivity contribution in [3.8, 4) is 0 Å². The fourth-order valence-corrected chi connectivity index (χ4v) is 4.71. The Hall–Kier alpha value is -4.00. The van der Waals surface area contributed by atoms with E-state index in [0.717, 1.165) is 40.6 Å². The first-order valence-electron chi connectivity index (χ1n) is 11.6. The molecular formula is C27H26N4O3. The summed E-state index contributed by atoms with van der Waals surface area (Å²) in [6.45, 7) is 3.53. The Balaban J connectivity index is 1.11. The van der Waals surface area contributed by atoms with Gasteiger partial charge in [0.2, 0.25) is 5.91 Å². The van der Waals surface area contributed by atoms with Crippen LogP contribution in [0.3, 0.4) is 0 Å². The third kappa shape index (κ3) is 3.94. The molecular weight excluding hydrogens is 428 g/mol. The zero-order valence-electron chi connectivity index (χ0n) is 19.1. The highest BCUT2D eigenvalue weighted by Crippen LogP contribution is 2.30. The summed E-state index contributed by atoms with van der Waals surface area (Å²) in [4.78, 5) is 44.0. The van der Waals surface area contributed by atoms with E-state index in [0.29, 0.717) is 24.1 Å². The lowest BCUT2D eigenvalue weighted by molar-refractivity contribution is -0.121. The first kappa shape index (κ1) is 21.8. The number of nitrogens with zero attached hydrogens (tertiary/aromatic N) is 3. The number of benzene rings is 3. The number of imide groups is 1. The molecule has 1 aliphatic heterocycles. The van der Waals surface area contributed by atoms with Gasteiger partial charge in [-0.1, -0.05) is 36.4 Å². The maximum absolute atomic E-state index is 12.9. The van der Waals surface area contributed by atoms with Gasteiger partial charge in [0, 0.05) is 42.6 Å². The number of imidazole rings is 1. The van der Waals surface area contributed by atoms with Gasteiger partial charge in [-0.2, -0.15) is 0 Å². The summed E-state index contributed by atoms with van der Waals surface area (Å²) in [5, 5.41) is 4.54. The van der Waals surface area contributed by atoms with Gasteiger partial charge in [-0.05, 0) is 49.4 Å². The third-order valence-electron chi connectivity index (χ3n) is 6.37. The molecule has 2 heterocycles. The number of rotatable bonds is 8. The van der Waals surface area contributed by atoms with E-state index in [1.54, 1.807) is 12.1 Å². The molecule has 1 aromatic heterocycles. The normalized spacial score (nSPS) is 13.1. The molecule has 0 atom stereocenters. The van der Waals surface area contributed by atoms with Crippen molar-refractivity contribution in [1.82, 2.24) is 19.8 Å². The Morgan fingerprint density at radius 2 is 1.59 bits per heavy atom. The predicted molar refractivity (Wildman–Crippen MR) is 131 cm³/mol. The number of nitrogens with one attached hydrogen (secondary N) is 1. The Bertz CT molecular complexity index is 1370. The molecule has 0 fully saturated rings. The quantitative estimate of drug-likeness (QED) is 0.321. The number of fused-ring (bicyclic) bond motifs is 1. The fourth-order valence-electron chi connectivity index (χ4n) is 4.71. The molecule has 7 heteroatoms. The smallest absolute Gasteiger partial charge is 0.261 e. The van der Waals surface area contributed by atoms with Gasteiger partial charge in [-0.25, -0.2) is 4.98 Å². The Labute approximate surface area is 197 Å². The molecule has 0 aliphatic carbocycles. The van der Waals surface area contributed by atoms with Gasteiger partial charge in [0.15, 0.2) is 0 Å². The second-order valence-corrected chi connectivity index (χ2v) is 8.58. The number of hydrogen-bond acceptors (Lipinski definition) is 4. The number of aryl methyl sites for hydroxylation is 2. The van der Waals surface area contributed by atoms with Crippen LogP contribution in [0.25, 0.3) is 21.8 Å². The van der Waals surface area contributed by atoms with Crippen LogP contribution in [0.5, 0.6) is 0 Å². The van der Waals surface area contributed by atoms with Gasteiger partial charge >= 0.3 is 0 Å². The maximum atomic E-state index is 12.9. The number of carbonyl (C=O) groups excluding carboxylic acids is 3. The molecule has 4 aromatic rings. The summed E-state index contributed by atoms with van der Waals surface area (Å²) < 4.78 is 2.16. The van der Waals surface area contributed by atoms with Crippen LogP contribution in [0.2, 0.25) is 0 Å². The summed E-state index contributed by atoms with van der Waals surface area (Å²) in [5.41, 5.74) is 3.16. The average molecular weight is 455 g/mol. The molecule has 7 nitrogen and oxygen atoms in total. The average Bonchev–Trinajstić information content (AvgIpc) is 3.17. The predicted octanol–water partition coefficient (Wildman–Crippen LogP) is 4.08. The SMILES string of the molecule is Cc1nc2ccccc2n1CCCNC(=O)CCCN1C(=O)c2cccc3cccc(c23)C1=O. The summed E-state index contributed by atoms with van der Waals surface area (Å²) >= 11 is 0. The molecule has 0 spiro atoms. The van der Waals surface area contributed by atoms with Crippen LogP contribution in [0.1, 0.15) is 45.8 Å². The Kier molecular flexibility index (Phi) is 5.84. The zero-order chi connectivity index (χ0) is 23.7. The minimum absolute atomic E-state index is 0.0772. The van der Waals surface area contributed by atoms with Crippen molar-refractivity contribution in [2.75, 3.05) is 13.1 Å². The van der Waals surface area contributed by atoms with E-state index in [9.17, 15) is 14.4 Å². The van der Waals surface area contributed by atoms with Crippen LogP contribution in [0, 0.1) is 6.92 Å². The maximum Gasteiger partial charge on any atom is 0.261 e. The first-order chi connectivity index (χ1) is 16.5. The molecule has 5 rings (SSSR count). The summed E-state index contributed by atoms with van der Waals surface area (Å²) in [6, 6.07) is 19.0. The van der Waals surface area contributed by atoms with Gasteiger partial charge in [0.25, 0.3) is 11.8 Å². The van der Waals surface area contributed by atoms with Crippen molar-refractivity contribution < 1.29 is 14.4 Å². The van der Waals surface area contributed by atoms with E-state index in [1.165, 1.54) is 4.90 Å². The van der Waals surface area contributed by atoms with Crippen molar-refractivity contribution in [2.24, 2.45) is 0 Å². The van der Waals surface area contributed by atoms with Gasteiger partial charge in [-0.3, -0.25) is 19.3 Å². The van der Waals surface area contributed by atoms with Gasteiger partial charge in [0.1, 0.15) is 5.82 Å². The van der Waals surface area contributed by atoms with Crippen molar-refractivity contribution in [3.63, 3.8) is 0 Å². The van der Waals surface area contributed by atoms with E-state index in [-0.39, 0.29) is 30.7 Å². The van der Waals surface area contributed by atoms with E-state index in [1.807, 2.05) is 49.4 Å². The van der Waals surface area contributed by atoms with E-state index in [4.69, 9.17) is 0 Å². The van der Waals surface area contributed by atoms with Crippen molar-refractivity contribution in [1.29, 1.82) is 0 Å². The summed E-state index contributed by atoms with van der Waals surface area (Å²) in [7, 11) is 0. The topological polar surface area (TPSA) is 84.3 Å². The highest BCUT2D eigenvalue weighted by Gasteiger charge is 2.32. The van der Waals surface area contributed by atoms with Crippen molar-refractivity contribution in [2.45, 2.75) is 32.7 Å². The van der Waals surface area contributed by atoms with Gasteiger partial charge < -0.3 is 9.88 Å². The summed E-state index contributed by atoms with van der Waals surface area (Å²) in [5.74, 6) is 0.294. The lowest BCUT2D eigenvalue weighted by Gasteiger charge is -2.27. The molecule has 0 radical (unpaired) electrons. The Morgan fingerprint density at radius 3 is 2.32 bits per heavy atom. The number of hydrogen-bond donors (Lipinski definition) is 1. The molecule has 0 unspecified atom stereocenters. The molecule has 3 amide bonds. The lowest BCUT2D eigenvalue weighted by Crippen LogP contribution is -2.41. The second kappa shape index (κ2) is 9.09. The molecule has 1 aliphatic rings. The fraction of sp³-hybridized carbons (Fsp3) is 0.259. The minimum atomic E-state index is -0.294. The standard InChI is InChI=1S/C27H26N4O3/c1-18-29-22-12-2-3-13-23(22)30(18)17-7-15-28-24(32)14-6-16-31-26(33)20-10-4-8-19-9-5-11-21(25(19)20)27(31)34/h2-5,8-13H,6-7,14-17H2,1H3,(H,28,32). The summed E-state index contributed by atoms with van der Waals surface area (Å²) in [6.07, 6.45) is 1.47. The highest BCUT2D eigenvalue weighted by atomic mass is 16.2. The van der Waals surface area contributed by atoms with Crippen LogP contribution >= 0.6 is 0 Å². The number of carbonyl (C=O) groups is 3. The molecule has 1 N–H and O–H groups in total. The highest BCUT2D eigenvalue weighted by molar-refractivity contribution is 6.25. The van der Waals surface area contributed by atoms with Crippen molar-refractivity contribution >= 4 is 39.5 Å². The van der Waals surface area contributed by atoms with E-state index in [2.05, 4.69) is 20.9 Å². The molecule has 0 bridgehead atoms. The van der Waals surface area contributed by atoms with Crippen LogP contribution in [0.4, 0.5) is 0 Å². The Morgan fingerprint density at radius 1 is 0.882 bits per heavy atom. The number of amides is 3. The molecule has 172 valence electrons. The van der Waals surface area contributed by atoms with Crippen LogP contribution in [0.15, 0.2) is 60.7 Å². The minimum Gasteiger partial charge on any atom is -0.356 e. The largest absolute Gasteiger partial charge is 0.356 e. The zero-order valence-corrected chi connectivity index (χ0v) is 19.1. The first-order valence-corrected chi connectivity index (χ1v) is 11.6. The third-order valence-corrected chi connectivity index (χ3v) is 6.37.